The van der Waals surface area contributed by atoms with Crippen LogP contribution in [-0.4, -0.2) is 59.8 Å². The summed E-state index contributed by atoms with van der Waals surface area (Å²) in [4.78, 5) is 60.7. The summed E-state index contributed by atoms with van der Waals surface area (Å²) < 4.78 is 18.3. The van der Waals surface area contributed by atoms with Crippen molar-refractivity contribution in [1.82, 2.24) is 59.8 Å². The van der Waals surface area contributed by atoms with Crippen LogP contribution in [0.25, 0.3) is 221 Å². The molecule has 0 saturated heterocycles. The summed E-state index contributed by atoms with van der Waals surface area (Å²) in [6.07, 6.45) is 0. The van der Waals surface area contributed by atoms with Crippen LogP contribution in [0, 0.1) is 0 Å². The molecule has 8 aromatic heterocycles. The number of thiophene rings is 2. The molecular weight excluding hydrogens is 1420 g/mol. The van der Waals surface area contributed by atoms with E-state index in [0.29, 0.717) is 92.2 Å². The second-order valence-corrected chi connectivity index (χ2v) is 29.1. The number of para-hydroxylation sites is 2. The lowest BCUT2D eigenvalue weighted by molar-refractivity contribution is 0.669. The summed E-state index contributed by atoms with van der Waals surface area (Å²) in [6.45, 7) is 0. The summed E-state index contributed by atoms with van der Waals surface area (Å²) in [5.74, 6) is 6.91. The molecule has 0 atom stereocenters. The third-order valence-corrected chi connectivity index (χ3v) is 22.4. The quantitative estimate of drug-likeness (QED) is 0.113. The van der Waals surface area contributed by atoms with Crippen molar-refractivity contribution in [3.8, 4) is 137 Å². The van der Waals surface area contributed by atoms with E-state index in [1.54, 1.807) is 22.7 Å². The van der Waals surface area contributed by atoms with E-state index in [1.165, 1.54) is 35.6 Å². The Morgan fingerprint density at radius 2 is 0.455 bits per heavy atom. The maximum absolute atomic E-state index is 6.76. The minimum absolute atomic E-state index is 0.522. The summed E-state index contributed by atoms with van der Waals surface area (Å²) in [5, 5.41) is 8.43. The van der Waals surface area contributed by atoms with E-state index >= 15 is 0 Å². The molecule has 0 aliphatic carbocycles. The molecule has 16 heteroatoms. The lowest BCUT2D eigenvalue weighted by Crippen LogP contribution is -2.00. The fourth-order valence-corrected chi connectivity index (χ4v) is 17.0. The van der Waals surface area contributed by atoms with Crippen LogP contribution in [0.2, 0.25) is 0 Å². The molecule has 0 saturated carbocycles. The molecule has 0 aliphatic heterocycles. The van der Waals surface area contributed by atoms with Gasteiger partial charge >= 0.3 is 0 Å². The number of rotatable bonds is 12. The highest BCUT2D eigenvalue weighted by Crippen LogP contribution is 2.45. The number of furan rings is 2. The van der Waals surface area contributed by atoms with E-state index in [2.05, 4.69) is 97.1 Å². The molecule has 0 fully saturated rings. The van der Waals surface area contributed by atoms with Crippen LogP contribution in [0.3, 0.4) is 0 Å². The van der Waals surface area contributed by atoms with Gasteiger partial charge in [0.2, 0.25) is 0 Å². The van der Waals surface area contributed by atoms with Crippen molar-refractivity contribution in [2.24, 2.45) is 0 Å². The van der Waals surface area contributed by atoms with E-state index < -0.39 is 0 Å². The number of fused-ring (bicyclic) bond motifs is 12. The molecule has 0 bridgehead atoms. The molecule has 0 radical (unpaired) electrons. The van der Waals surface area contributed by atoms with Crippen LogP contribution >= 0.6 is 22.7 Å². The van der Waals surface area contributed by atoms with Gasteiger partial charge < -0.3 is 8.83 Å². The molecule has 0 unspecified atom stereocenters. The lowest BCUT2D eigenvalue weighted by atomic mass is 10.0. The summed E-state index contributed by atoms with van der Waals surface area (Å²) in [6, 6.07) is 114. The summed E-state index contributed by atoms with van der Waals surface area (Å²) in [5.41, 5.74) is 13.3. The molecule has 0 spiro atoms. The van der Waals surface area contributed by atoms with E-state index in [4.69, 9.17) is 68.6 Å². The van der Waals surface area contributed by atoms with Gasteiger partial charge in [-0.25, -0.2) is 59.8 Å². The number of nitrogens with zero attached hydrogens (tertiary/aromatic N) is 12. The van der Waals surface area contributed by atoms with Crippen LogP contribution in [0.4, 0.5) is 0 Å². The average molecular weight is 1470 g/mol. The Morgan fingerprint density at radius 3 is 0.866 bits per heavy atom. The van der Waals surface area contributed by atoms with E-state index in [9.17, 15) is 0 Å². The molecule has 0 amide bonds. The summed E-state index contributed by atoms with van der Waals surface area (Å²) in [7, 11) is 0. The predicted octanol–water partition coefficient (Wildman–Crippen LogP) is 24.7. The Bertz CT molecular complexity index is 7260. The van der Waals surface area contributed by atoms with Gasteiger partial charge in [-0.1, -0.05) is 279 Å². The fraction of sp³-hybridized carbons (Fsp3) is 0. The van der Waals surface area contributed by atoms with Gasteiger partial charge in [0.15, 0.2) is 69.9 Å². The Kier molecular flexibility index (Phi) is 16.2. The van der Waals surface area contributed by atoms with Crippen molar-refractivity contribution < 1.29 is 8.83 Å². The van der Waals surface area contributed by atoms with Crippen molar-refractivity contribution in [2.45, 2.75) is 0 Å². The highest BCUT2D eigenvalue weighted by molar-refractivity contribution is 7.26. The van der Waals surface area contributed by atoms with Crippen molar-refractivity contribution in [3.05, 3.63) is 340 Å². The zero-order valence-electron chi connectivity index (χ0n) is 59.3. The molecular formula is C96H56N12O2S2. The largest absolute Gasteiger partial charge is 0.455 e. The zero-order valence-corrected chi connectivity index (χ0v) is 61.0. The molecule has 524 valence electrons. The Balaban J connectivity index is 0.000000141. The zero-order chi connectivity index (χ0) is 74.0. The minimum atomic E-state index is 0.522. The first-order valence-electron chi connectivity index (χ1n) is 36.6. The second-order valence-electron chi connectivity index (χ2n) is 26.9. The van der Waals surface area contributed by atoms with Gasteiger partial charge in [0.1, 0.15) is 22.3 Å². The third kappa shape index (κ3) is 11.9. The number of benzene rings is 14. The van der Waals surface area contributed by atoms with Gasteiger partial charge in [-0.2, -0.15) is 0 Å². The molecule has 0 aliphatic rings. The fourth-order valence-electron chi connectivity index (χ4n) is 14.7. The highest BCUT2D eigenvalue weighted by Gasteiger charge is 2.26. The predicted molar refractivity (Wildman–Crippen MR) is 452 cm³/mol. The van der Waals surface area contributed by atoms with E-state index in [0.717, 1.165) is 93.0 Å². The van der Waals surface area contributed by atoms with Crippen LogP contribution in [0.15, 0.2) is 349 Å². The van der Waals surface area contributed by atoms with Gasteiger partial charge in [-0.05, 0) is 60.7 Å². The molecule has 112 heavy (non-hydrogen) atoms. The van der Waals surface area contributed by atoms with Crippen molar-refractivity contribution in [2.75, 3.05) is 0 Å². The first-order valence-corrected chi connectivity index (χ1v) is 38.2. The van der Waals surface area contributed by atoms with Gasteiger partial charge in [-0.3, -0.25) is 0 Å². The van der Waals surface area contributed by atoms with Gasteiger partial charge in [0.25, 0.3) is 0 Å². The normalized spacial score (nSPS) is 11.6. The van der Waals surface area contributed by atoms with Crippen molar-refractivity contribution in [1.29, 1.82) is 0 Å². The number of hydrogen-bond donors (Lipinski definition) is 0. The standard InChI is InChI=1S/2C48H28N6OS/c1-4-15-29(16-5-1)43-49-44(30-17-6-2-7-18-30)51-46(50-43)35-24-14-27-38-40(35)34-23-13-25-36(41(34)55-38)47-52-45(31-19-8-3-9-20-31)53-48(54-47)37-26-12-22-33-32-21-10-11-28-39(32)56-42(33)37;1-4-14-29(15-5-1)43-49-44(30-16-6-2-7-17-30)52-47(51-43)35-22-13-24-38-41(35)34-21-12-23-36(42(34)55-38)48-53-45(31-18-8-3-9-19-31)50-46(54-48)32-26-27-40-37(28-32)33-20-10-11-25-39(33)56-40/h2*1-28H. The lowest BCUT2D eigenvalue weighted by Gasteiger charge is -2.10. The topological polar surface area (TPSA) is 181 Å². The summed E-state index contributed by atoms with van der Waals surface area (Å²) >= 11 is 3.54. The maximum atomic E-state index is 6.76. The SMILES string of the molecule is c1ccc(-c2nc(-c3ccc4sc5ccccc5c4c3)nc(-c3cccc4c3oc3cccc(-c5nc(-c6ccccc6)nc(-c6ccccc6)n5)c34)n2)cc1.c1ccc(-c2nc(-c3cccc4c3oc3cccc(-c5nc(-c6ccccc6)nc(-c6ccccc6)n5)c34)nc(-c3cccc4c3sc3ccccc34)n2)cc1. The molecule has 14 nitrogen and oxygen atoms in total. The van der Waals surface area contributed by atoms with Crippen molar-refractivity contribution >= 4 is 107 Å². The molecule has 0 N–H and O–H groups in total. The molecule has 8 heterocycles. The second kappa shape index (κ2) is 27.7. The van der Waals surface area contributed by atoms with Crippen molar-refractivity contribution in [3.63, 3.8) is 0 Å². The Hall–Kier alpha value is -14.8. The molecule has 22 aromatic rings. The first kappa shape index (κ1) is 65.5. The van der Waals surface area contributed by atoms with Gasteiger partial charge in [0, 0.05) is 118 Å². The molecule has 22 rings (SSSR count). The monoisotopic (exact) mass is 1470 g/mol. The van der Waals surface area contributed by atoms with E-state index in [-0.39, 0.29) is 0 Å². The maximum Gasteiger partial charge on any atom is 0.167 e. The molecule has 14 aromatic carbocycles. The third-order valence-electron chi connectivity index (χ3n) is 20.0. The van der Waals surface area contributed by atoms with Gasteiger partial charge in [0.05, 0.1) is 11.1 Å². The van der Waals surface area contributed by atoms with Crippen LogP contribution < -0.4 is 0 Å². The van der Waals surface area contributed by atoms with E-state index in [1.807, 2.05) is 243 Å². The smallest absolute Gasteiger partial charge is 0.167 e. The van der Waals surface area contributed by atoms with Crippen LogP contribution in [0.5, 0.6) is 0 Å². The van der Waals surface area contributed by atoms with Crippen LogP contribution in [0.1, 0.15) is 0 Å². The first-order chi connectivity index (χ1) is 55.5. The Morgan fingerprint density at radius 1 is 0.179 bits per heavy atom. The number of hydrogen-bond acceptors (Lipinski definition) is 16. The highest BCUT2D eigenvalue weighted by atomic mass is 32.1. The Labute approximate surface area is 647 Å². The number of aromatic nitrogens is 12. The van der Waals surface area contributed by atoms with Gasteiger partial charge in [-0.15, -0.1) is 22.7 Å². The average Bonchev–Trinajstić information content (AvgIpc) is 1.57. The minimum Gasteiger partial charge on any atom is -0.455 e. The van der Waals surface area contributed by atoms with Crippen LogP contribution in [-0.2, 0) is 0 Å².